The third-order valence-corrected chi connectivity index (χ3v) is 5.22. The van der Waals surface area contributed by atoms with Gasteiger partial charge in [-0.05, 0) is 47.9 Å². The number of phenols is 4. The second-order valence-electron chi connectivity index (χ2n) is 7.67. The summed E-state index contributed by atoms with van der Waals surface area (Å²) in [5, 5.41) is 37.8. The minimum atomic E-state index is -0.574. The normalized spacial score (nSPS) is 20.7. The lowest BCUT2D eigenvalue weighted by Gasteiger charge is -2.34. The van der Waals surface area contributed by atoms with E-state index in [1.54, 1.807) is 19.2 Å². The number of phenolic OH excluding ortho intramolecular Hbond substituents is 4. The third kappa shape index (κ3) is 7.38. The molecule has 1 saturated heterocycles. The number of methoxy groups -OCH3 is 1. The van der Waals surface area contributed by atoms with Gasteiger partial charge in [0.05, 0.1) is 18.8 Å². The molecule has 2 aromatic rings. The Labute approximate surface area is 191 Å². The Morgan fingerprint density at radius 1 is 1.03 bits per heavy atom. The van der Waals surface area contributed by atoms with Crippen LogP contribution in [0.15, 0.2) is 42.5 Å². The van der Waals surface area contributed by atoms with E-state index in [0.717, 1.165) is 5.56 Å². The first kappa shape index (κ1) is 24.4. The van der Waals surface area contributed by atoms with E-state index in [1.165, 1.54) is 36.4 Å². The van der Waals surface area contributed by atoms with Crippen LogP contribution in [0.5, 0.6) is 23.0 Å². The molecule has 1 aliphatic rings. The maximum Gasteiger partial charge on any atom is 0.330 e. The van der Waals surface area contributed by atoms with Crippen LogP contribution in [0.3, 0.4) is 0 Å². The fourth-order valence-electron chi connectivity index (χ4n) is 3.40. The van der Waals surface area contributed by atoms with Crippen molar-refractivity contribution in [3.05, 3.63) is 53.6 Å². The van der Waals surface area contributed by atoms with Gasteiger partial charge in [-0.1, -0.05) is 12.1 Å². The van der Waals surface area contributed by atoms with Crippen LogP contribution in [-0.2, 0) is 30.2 Å². The molecule has 9 nitrogen and oxygen atoms in total. The Bertz CT molecular complexity index is 972. The first-order valence-electron chi connectivity index (χ1n) is 10.5. The molecule has 0 aromatic heterocycles. The van der Waals surface area contributed by atoms with Crippen LogP contribution in [-0.4, -0.2) is 65.2 Å². The zero-order valence-corrected chi connectivity index (χ0v) is 18.2. The summed E-state index contributed by atoms with van der Waals surface area (Å²) < 4.78 is 22.4. The third-order valence-electron chi connectivity index (χ3n) is 5.22. The number of carbonyl (C=O) groups is 1. The summed E-state index contributed by atoms with van der Waals surface area (Å²) in [7, 11) is 1.60. The summed E-state index contributed by atoms with van der Waals surface area (Å²) in [6, 6.07) is 8.81. The van der Waals surface area contributed by atoms with Gasteiger partial charge in [0.2, 0.25) is 0 Å². The number of esters is 1. The predicted molar refractivity (Wildman–Crippen MR) is 118 cm³/mol. The van der Waals surface area contributed by atoms with E-state index in [2.05, 4.69) is 0 Å². The van der Waals surface area contributed by atoms with Crippen molar-refractivity contribution in [2.45, 2.75) is 37.8 Å². The lowest BCUT2D eigenvalue weighted by molar-refractivity contribution is -0.226. The smallest absolute Gasteiger partial charge is 0.330 e. The van der Waals surface area contributed by atoms with Gasteiger partial charge in [-0.3, -0.25) is 0 Å². The lowest BCUT2D eigenvalue weighted by Crippen LogP contribution is -2.40. The van der Waals surface area contributed by atoms with Gasteiger partial charge in [0.15, 0.2) is 29.3 Å². The maximum absolute atomic E-state index is 12.0. The van der Waals surface area contributed by atoms with Crippen LogP contribution in [0.1, 0.15) is 24.0 Å². The predicted octanol–water partition coefficient (Wildman–Crippen LogP) is 2.84. The van der Waals surface area contributed by atoms with Crippen LogP contribution in [0.25, 0.3) is 6.08 Å². The molecule has 178 valence electrons. The average Bonchev–Trinajstić information content (AvgIpc) is 2.80. The molecule has 3 atom stereocenters. The van der Waals surface area contributed by atoms with E-state index < -0.39 is 18.4 Å². The van der Waals surface area contributed by atoms with Gasteiger partial charge in [-0.2, -0.15) is 0 Å². The molecular formula is C24H28O9. The van der Waals surface area contributed by atoms with E-state index >= 15 is 0 Å². The van der Waals surface area contributed by atoms with Crippen LogP contribution in [0.2, 0.25) is 0 Å². The maximum atomic E-state index is 12.0. The monoisotopic (exact) mass is 460 g/mol. The van der Waals surface area contributed by atoms with Crippen molar-refractivity contribution in [3.63, 3.8) is 0 Å². The first-order chi connectivity index (χ1) is 15.8. The highest BCUT2D eigenvalue weighted by Crippen LogP contribution is 2.27. The van der Waals surface area contributed by atoms with Crippen LogP contribution < -0.4 is 0 Å². The molecule has 2 aromatic carbocycles. The second kappa shape index (κ2) is 11.6. The topological polar surface area (TPSA) is 135 Å². The van der Waals surface area contributed by atoms with Crippen LogP contribution >= 0.6 is 0 Å². The zero-order chi connectivity index (χ0) is 23.8. The molecule has 9 heteroatoms. The van der Waals surface area contributed by atoms with Gasteiger partial charge in [-0.25, -0.2) is 4.79 Å². The Morgan fingerprint density at radius 2 is 1.76 bits per heavy atom. The van der Waals surface area contributed by atoms with Gasteiger partial charge in [0.25, 0.3) is 0 Å². The van der Waals surface area contributed by atoms with E-state index in [1.807, 2.05) is 0 Å². The van der Waals surface area contributed by atoms with Crippen LogP contribution in [0, 0.1) is 0 Å². The fraction of sp³-hybridized carbons (Fsp3) is 0.375. The van der Waals surface area contributed by atoms with Crippen LogP contribution in [0.4, 0.5) is 0 Å². The molecule has 0 unspecified atom stereocenters. The Kier molecular flexibility index (Phi) is 8.53. The summed E-state index contributed by atoms with van der Waals surface area (Å²) in [5.41, 5.74) is 1.34. The average molecular weight is 460 g/mol. The molecule has 0 amide bonds. The van der Waals surface area contributed by atoms with E-state index in [4.69, 9.17) is 18.9 Å². The number of benzene rings is 2. The largest absolute Gasteiger partial charge is 0.504 e. The van der Waals surface area contributed by atoms with Gasteiger partial charge in [-0.15, -0.1) is 0 Å². The van der Waals surface area contributed by atoms with Crippen molar-refractivity contribution in [1.29, 1.82) is 0 Å². The molecule has 3 rings (SSSR count). The quantitative estimate of drug-likeness (QED) is 0.253. The summed E-state index contributed by atoms with van der Waals surface area (Å²) in [6.45, 7) is 0.357. The number of aromatic hydroxyl groups is 4. The molecule has 1 aliphatic heterocycles. The Hall–Kier alpha value is -3.27. The summed E-state index contributed by atoms with van der Waals surface area (Å²) in [5.74, 6) is -1.45. The number of carbonyl (C=O) groups excluding carboxylic acids is 1. The van der Waals surface area contributed by atoms with Crippen molar-refractivity contribution in [2.24, 2.45) is 0 Å². The molecule has 0 bridgehead atoms. The Balaban J connectivity index is 1.46. The highest BCUT2D eigenvalue weighted by Gasteiger charge is 2.30. The highest BCUT2D eigenvalue weighted by molar-refractivity contribution is 5.87. The fourth-order valence-corrected chi connectivity index (χ4v) is 3.40. The van der Waals surface area contributed by atoms with Crippen molar-refractivity contribution >= 4 is 12.0 Å². The van der Waals surface area contributed by atoms with E-state index in [0.29, 0.717) is 31.4 Å². The van der Waals surface area contributed by atoms with E-state index in [-0.39, 0.29) is 35.7 Å². The molecule has 4 N–H and O–H groups in total. The molecule has 0 radical (unpaired) electrons. The molecule has 0 spiro atoms. The van der Waals surface area contributed by atoms with Crippen molar-refractivity contribution < 1.29 is 44.2 Å². The minimum absolute atomic E-state index is 0.0234. The molecular weight excluding hydrogens is 432 g/mol. The standard InChI is InChI=1S/C24H28O9/c1-30-17-12-18(14-32-23(29)7-4-15-2-5-19(25)21(27)10-15)33-24(13-17)31-9-8-16-3-6-20(26)22(28)11-16/h2-7,10-11,17-18,24-28H,8-9,12-14H2,1H3/b7-4+/t17-,18+,24+/m0/s1. The number of ether oxygens (including phenoxy) is 4. The van der Waals surface area contributed by atoms with Crippen molar-refractivity contribution in [3.8, 4) is 23.0 Å². The van der Waals surface area contributed by atoms with Gasteiger partial charge >= 0.3 is 5.97 Å². The van der Waals surface area contributed by atoms with Gasteiger partial charge in [0.1, 0.15) is 6.61 Å². The summed E-state index contributed by atoms with van der Waals surface area (Å²) in [4.78, 5) is 12.0. The number of hydrogen-bond donors (Lipinski definition) is 4. The molecule has 33 heavy (non-hydrogen) atoms. The first-order valence-corrected chi connectivity index (χ1v) is 10.5. The second-order valence-corrected chi connectivity index (χ2v) is 7.67. The number of hydrogen-bond acceptors (Lipinski definition) is 9. The lowest BCUT2D eigenvalue weighted by atomic mass is 10.1. The molecule has 0 saturated carbocycles. The van der Waals surface area contributed by atoms with Crippen molar-refractivity contribution in [1.82, 2.24) is 0 Å². The SMILES string of the molecule is CO[C@H]1C[C@H](COC(=O)/C=C/c2ccc(O)c(O)c2)O[C@@H](OCCc2ccc(O)c(O)c2)C1. The highest BCUT2D eigenvalue weighted by atomic mass is 16.7. The zero-order valence-electron chi connectivity index (χ0n) is 18.2. The molecule has 0 aliphatic carbocycles. The Morgan fingerprint density at radius 3 is 2.45 bits per heavy atom. The summed E-state index contributed by atoms with van der Waals surface area (Å²) >= 11 is 0. The van der Waals surface area contributed by atoms with E-state index in [9.17, 15) is 25.2 Å². The molecule has 1 fully saturated rings. The minimum Gasteiger partial charge on any atom is -0.504 e. The molecule has 1 heterocycles. The number of rotatable bonds is 9. The summed E-state index contributed by atoms with van der Waals surface area (Å²) in [6.07, 6.45) is 3.24. The van der Waals surface area contributed by atoms with Gasteiger partial charge < -0.3 is 39.4 Å². The van der Waals surface area contributed by atoms with Gasteiger partial charge in [0, 0.05) is 26.0 Å². The van der Waals surface area contributed by atoms with Crippen molar-refractivity contribution in [2.75, 3.05) is 20.3 Å².